The first-order valence-electron chi connectivity index (χ1n) is 9.66. The van der Waals surface area contributed by atoms with Gasteiger partial charge in [0.1, 0.15) is 0 Å². The topological polar surface area (TPSA) is 37.6 Å². The molecule has 0 saturated heterocycles. The van der Waals surface area contributed by atoms with Crippen LogP contribution in [-0.4, -0.2) is 32.8 Å². The van der Waals surface area contributed by atoms with Gasteiger partial charge in [-0.05, 0) is 25.0 Å². The molecule has 1 aliphatic rings. The average Bonchev–Trinajstić information content (AvgIpc) is 3.38. The van der Waals surface area contributed by atoms with Gasteiger partial charge >= 0.3 is 0 Å². The molecule has 4 aromatic rings. The van der Waals surface area contributed by atoms with Crippen LogP contribution in [0.15, 0.2) is 72.2 Å². The van der Waals surface area contributed by atoms with E-state index in [1.165, 1.54) is 5.69 Å². The van der Waals surface area contributed by atoms with Crippen LogP contribution < -0.4 is 0 Å². The zero-order chi connectivity index (χ0) is 18.9. The van der Waals surface area contributed by atoms with Gasteiger partial charge in [0.2, 0.25) is 0 Å². The smallest absolute Gasteiger partial charge is 0.254 e. The Balaban J connectivity index is 1.36. The summed E-state index contributed by atoms with van der Waals surface area (Å²) in [4.78, 5) is 20.8. The molecular formula is C23H21N3OS. The van der Waals surface area contributed by atoms with Crippen molar-refractivity contribution in [3.05, 3.63) is 83.5 Å². The number of amides is 1. The minimum Gasteiger partial charge on any atom is -0.335 e. The molecule has 0 bridgehead atoms. The van der Waals surface area contributed by atoms with Crippen molar-refractivity contribution in [1.29, 1.82) is 0 Å². The Morgan fingerprint density at radius 3 is 2.50 bits per heavy atom. The van der Waals surface area contributed by atoms with Gasteiger partial charge in [0.05, 0.1) is 5.69 Å². The van der Waals surface area contributed by atoms with E-state index in [4.69, 9.17) is 4.98 Å². The molecule has 1 aliphatic carbocycles. The minimum absolute atomic E-state index is 0.144. The van der Waals surface area contributed by atoms with Gasteiger partial charge in [0.15, 0.2) is 4.96 Å². The molecule has 0 aliphatic heterocycles. The summed E-state index contributed by atoms with van der Waals surface area (Å²) >= 11 is 1.66. The molecule has 0 atom stereocenters. The van der Waals surface area contributed by atoms with E-state index in [-0.39, 0.29) is 5.91 Å². The SMILES string of the molecule is O=C(c1ccccc1)N(CCc1csc2nc(-c3ccccc3)cn12)C1CC1. The van der Waals surface area contributed by atoms with Gasteiger partial charge in [0.25, 0.3) is 5.91 Å². The number of hydrogen-bond donors (Lipinski definition) is 0. The zero-order valence-electron chi connectivity index (χ0n) is 15.5. The second kappa shape index (κ2) is 7.24. The molecule has 5 heteroatoms. The van der Waals surface area contributed by atoms with Gasteiger partial charge < -0.3 is 4.90 Å². The van der Waals surface area contributed by atoms with Crippen LogP contribution in [-0.2, 0) is 6.42 Å². The molecule has 2 aromatic heterocycles. The van der Waals surface area contributed by atoms with Gasteiger partial charge in [-0.2, -0.15) is 0 Å². The third-order valence-electron chi connectivity index (χ3n) is 5.23. The normalized spacial score (nSPS) is 13.7. The van der Waals surface area contributed by atoms with Crippen molar-refractivity contribution < 1.29 is 4.79 Å². The van der Waals surface area contributed by atoms with E-state index >= 15 is 0 Å². The summed E-state index contributed by atoms with van der Waals surface area (Å²) in [6.07, 6.45) is 5.17. The molecule has 2 heterocycles. The number of nitrogens with zero attached hydrogens (tertiary/aromatic N) is 3. The maximum Gasteiger partial charge on any atom is 0.254 e. The van der Waals surface area contributed by atoms with Gasteiger partial charge in [-0.25, -0.2) is 4.98 Å². The maximum absolute atomic E-state index is 12.9. The predicted molar refractivity (Wildman–Crippen MR) is 113 cm³/mol. The summed E-state index contributed by atoms with van der Waals surface area (Å²) in [5, 5.41) is 2.16. The summed E-state index contributed by atoms with van der Waals surface area (Å²) in [5.41, 5.74) is 4.11. The molecular weight excluding hydrogens is 366 g/mol. The highest BCUT2D eigenvalue weighted by Gasteiger charge is 2.32. The third kappa shape index (κ3) is 3.34. The van der Waals surface area contributed by atoms with E-state index in [0.717, 1.165) is 47.6 Å². The lowest BCUT2D eigenvalue weighted by Crippen LogP contribution is -2.35. The fourth-order valence-electron chi connectivity index (χ4n) is 3.57. The number of carbonyl (C=O) groups excluding carboxylic acids is 1. The molecule has 1 fully saturated rings. The Labute approximate surface area is 168 Å². The number of rotatable bonds is 6. The number of hydrogen-bond acceptors (Lipinski definition) is 3. The van der Waals surface area contributed by atoms with Gasteiger partial charge in [-0.15, -0.1) is 11.3 Å². The first kappa shape index (κ1) is 17.2. The fourth-order valence-corrected chi connectivity index (χ4v) is 4.48. The van der Waals surface area contributed by atoms with Gasteiger partial charge in [-0.3, -0.25) is 9.20 Å². The van der Waals surface area contributed by atoms with Crippen LogP contribution >= 0.6 is 11.3 Å². The van der Waals surface area contributed by atoms with Crippen LogP contribution in [0.1, 0.15) is 28.9 Å². The summed E-state index contributed by atoms with van der Waals surface area (Å²) in [5.74, 6) is 0.144. The zero-order valence-corrected chi connectivity index (χ0v) is 16.3. The Morgan fingerprint density at radius 2 is 1.79 bits per heavy atom. The van der Waals surface area contributed by atoms with Crippen molar-refractivity contribution in [3.8, 4) is 11.3 Å². The molecule has 0 radical (unpaired) electrons. The van der Waals surface area contributed by atoms with Crippen LogP contribution in [0.3, 0.4) is 0 Å². The summed E-state index contributed by atoms with van der Waals surface area (Å²) in [7, 11) is 0. The van der Waals surface area contributed by atoms with Crippen molar-refractivity contribution in [2.75, 3.05) is 6.54 Å². The Bertz CT molecular complexity index is 1100. The van der Waals surface area contributed by atoms with Crippen molar-refractivity contribution in [2.45, 2.75) is 25.3 Å². The number of thiazole rings is 1. The second-order valence-corrected chi connectivity index (χ2v) is 8.05. The maximum atomic E-state index is 12.9. The predicted octanol–water partition coefficient (Wildman–Crippen LogP) is 4.91. The molecule has 1 saturated carbocycles. The first-order valence-corrected chi connectivity index (χ1v) is 10.5. The number of carbonyl (C=O) groups is 1. The molecule has 4 nitrogen and oxygen atoms in total. The highest BCUT2D eigenvalue weighted by molar-refractivity contribution is 7.15. The van der Waals surface area contributed by atoms with Crippen LogP contribution in [0, 0.1) is 0 Å². The van der Waals surface area contributed by atoms with Crippen LogP contribution in [0.2, 0.25) is 0 Å². The van der Waals surface area contributed by atoms with Crippen LogP contribution in [0.4, 0.5) is 0 Å². The standard InChI is InChI=1S/C23H21N3OS/c27-22(18-9-5-2-6-10-18)25(19-11-12-19)14-13-20-16-28-23-24-21(15-26(20)23)17-7-3-1-4-8-17/h1-10,15-16,19H,11-14H2. The Kier molecular flexibility index (Phi) is 4.45. The van der Waals surface area contributed by atoms with Gasteiger partial charge in [0, 0.05) is 47.4 Å². The van der Waals surface area contributed by atoms with Gasteiger partial charge in [-0.1, -0.05) is 48.5 Å². The lowest BCUT2D eigenvalue weighted by molar-refractivity contribution is 0.0744. The largest absolute Gasteiger partial charge is 0.335 e. The molecule has 140 valence electrons. The molecule has 0 unspecified atom stereocenters. The van der Waals surface area contributed by atoms with E-state index in [9.17, 15) is 4.79 Å². The van der Waals surface area contributed by atoms with Crippen LogP contribution in [0.5, 0.6) is 0 Å². The second-order valence-electron chi connectivity index (χ2n) is 7.22. The molecule has 2 aromatic carbocycles. The lowest BCUT2D eigenvalue weighted by Gasteiger charge is -2.22. The van der Waals surface area contributed by atoms with E-state index < -0.39 is 0 Å². The van der Waals surface area contributed by atoms with E-state index in [2.05, 4.69) is 28.1 Å². The highest BCUT2D eigenvalue weighted by Crippen LogP contribution is 2.29. The average molecular weight is 388 g/mol. The monoisotopic (exact) mass is 387 g/mol. The third-order valence-corrected chi connectivity index (χ3v) is 6.12. The molecule has 0 N–H and O–H groups in total. The van der Waals surface area contributed by atoms with E-state index in [0.29, 0.717) is 6.04 Å². The van der Waals surface area contributed by atoms with Crippen molar-refractivity contribution >= 4 is 22.2 Å². The molecule has 5 rings (SSSR count). The number of fused-ring (bicyclic) bond motifs is 1. The molecule has 0 spiro atoms. The van der Waals surface area contributed by atoms with Crippen molar-refractivity contribution in [3.63, 3.8) is 0 Å². The fraction of sp³-hybridized carbons (Fsp3) is 0.217. The quantitative estimate of drug-likeness (QED) is 0.471. The van der Waals surface area contributed by atoms with E-state index in [1.807, 2.05) is 53.4 Å². The summed E-state index contributed by atoms with van der Waals surface area (Å²) < 4.78 is 2.17. The van der Waals surface area contributed by atoms with Crippen molar-refractivity contribution in [1.82, 2.24) is 14.3 Å². The Morgan fingerprint density at radius 1 is 1.07 bits per heavy atom. The van der Waals surface area contributed by atoms with E-state index in [1.54, 1.807) is 11.3 Å². The number of benzene rings is 2. The number of imidazole rings is 1. The highest BCUT2D eigenvalue weighted by atomic mass is 32.1. The first-order chi connectivity index (χ1) is 13.8. The molecule has 1 amide bonds. The summed E-state index contributed by atoms with van der Waals surface area (Å²) in [6, 6.07) is 20.3. The molecule has 28 heavy (non-hydrogen) atoms. The van der Waals surface area contributed by atoms with Crippen molar-refractivity contribution in [2.24, 2.45) is 0 Å². The summed E-state index contributed by atoms with van der Waals surface area (Å²) in [6.45, 7) is 0.739. The lowest BCUT2D eigenvalue weighted by atomic mass is 10.2. The van der Waals surface area contributed by atoms with Crippen LogP contribution in [0.25, 0.3) is 16.2 Å². The minimum atomic E-state index is 0.144. The Hall–Kier alpha value is -2.92. The number of aromatic nitrogens is 2.